The van der Waals surface area contributed by atoms with Gasteiger partial charge in [0, 0.05) is 18.9 Å². The molecule has 7 heteroatoms. The maximum atomic E-state index is 12.3. The fourth-order valence-corrected chi connectivity index (χ4v) is 2.99. The second-order valence-corrected chi connectivity index (χ2v) is 7.53. The van der Waals surface area contributed by atoms with E-state index >= 15 is 0 Å². The van der Waals surface area contributed by atoms with Crippen molar-refractivity contribution < 1.29 is 13.2 Å². The number of sulfone groups is 1. The number of carbonyl (C=O) groups is 1. The van der Waals surface area contributed by atoms with Crippen molar-refractivity contribution in [3.05, 3.63) is 46.8 Å². The predicted octanol–water partition coefficient (Wildman–Crippen LogP) is 1.83. The van der Waals surface area contributed by atoms with Crippen LogP contribution in [0.5, 0.6) is 0 Å². The van der Waals surface area contributed by atoms with Crippen molar-refractivity contribution in [1.29, 1.82) is 0 Å². The Bertz CT molecular complexity index is 805. The Morgan fingerprint density at radius 2 is 1.82 bits per heavy atom. The Kier molecular flexibility index (Phi) is 4.37. The van der Waals surface area contributed by atoms with Gasteiger partial charge in [-0.25, -0.2) is 8.42 Å². The van der Waals surface area contributed by atoms with Crippen LogP contribution < -0.4 is 5.32 Å². The van der Waals surface area contributed by atoms with Crippen LogP contribution in [0.2, 0.25) is 0 Å². The van der Waals surface area contributed by atoms with E-state index in [4.69, 9.17) is 0 Å². The van der Waals surface area contributed by atoms with Gasteiger partial charge in [-0.3, -0.25) is 9.48 Å². The standard InChI is InChI=1S/C15H19N3O3S/c1-10-14(11(2)18(3)17-10)16-15(19)13-7-5-12(6-8-13)9-22(4,20)21/h5-8H,9H2,1-4H3,(H,16,19). The number of amides is 1. The quantitative estimate of drug-likeness (QED) is 0.931. The van der Waals surface area contributed by atoms with Crippen molar-refractivity contribution in [3.8, 4) is 0 Å². The summed E-state index contributed by atoms with van der Waals surface area (Å²) in [5.74, 6) is -0.277. The van der Waals surface area contributed by atoms with Gasteiger partial charge in [-0.15, -0.1) is 0 Å². The van der Waals surface area contributed by atoms with Gasteiger partial charge in [-0.1, -0.05) is 12.1 Å². The molecule has 0 saturated heterocycles. The van der Waals surface area contributed by atoms with Crippen LogP contribution in [0.15, 0.2) is 24.3 Å². The number of rotatable bonds is 4. The summed E-state index contributed by atoms with van der Waals surface area (Å²) >= 11 is 0. The molecule has 1 amide bonds. The minimum absolute atomic E-state index is 0.0320. The second kappa shape index (κ2) is 5.92. The van der Waals surface area contributed by atoms with Crippen LogP contribution in [0, 0.1) is 13.8 Å². The number of aromatic nitrogens is 2. The molecule has 0 aliphatic carbocycles. The van der Waals surface area contributed by atoms with Gasteiger partial charge in [-0.2, -0.15) is 5.10 Å². The lowest BCUT2D eigenvalue weighted by Crippen LogP contribution is -2.13. The Hall–Kier alpha value is -2.15. The molecule has 0 saturated carbocycles. The third-order valence-corrected chi connectivity index (χ3v) is 4.25. The molecule has 6 nitrogen and oxygen atoms in total. The van der Waals surface area contributed by atoms with E-state index in [2.05, 4.69) is 10.4 Å². The first-order valence-corrected chi connectivity index (χ1v) is 8.81. The summed E-state index contributed by atoms with van der Waals surface area (Å²) in [5, 5.41) is 7.09. The SMILES string of the molecule is Cc1nn(C)c(C)c1NC(=O)c1ccc(CS(C)(=O)=O)cc1. The summed E-state index contributed by atoms with van der Waals surface area (Å²) in [6.45, 7) is 3.71. The molecule has 0 aliphatic heterocycles. The summed E-state index contributed by atoms with van der Waals surface area (Å²) in [6.07, 6.45) is 1.18. The summed E-state index contributed by atoms with van der Waals surface area (Å²) in [6, 6.07) is 6.55. The normalized spacial score (nSPS) is 11.5. The largest absolute Gasteiger partial charge is 0.319 e. The first kappa shape index (κ1) is 16.2. The number of hydrogen-bond acceptors (Lipinski definition) is 4. The first-order chi connectivity index (χ1) is 10.2. The highest BCUT2D eigenvalue weighted by Gasteiger charge is 2.14. The fourth-order valence-electron chi connectivity index (χ4n) is 2.20. The number of aryl methyl sites for hydroxylation is 2. The highest BCUT2D eigenvalue weighted by atomic mass is 32.2. The molecule has 1 N–H and O–H groups in total. The van der Waals surface area contributed by atoms with Gasteiger partial charge in [0.1, 0.15) is 0 Å². The molecule has 0 fully saturated rings. The molecule has 1 aromatic carbocycles. The maximum Gasteiger partial charge on any atom is 0.255 e. The molecule has 0 spiro atoms. The molecule has 0 radical (unpaired) electrons. The second-order valence-electron chi connectivity index (χ2n) is 5.39. The summed E-state index contributed by atoms with van der Waals surface area (Å²) < 4.78 is 24.2. The third kappa shape index (κ3) is 3.73. The Balaban J connectivity index is 2.16. The third-order valence-electron chi connectivity index (χ3n) is 3.39. The molecular weight excluding hydrogens is 302 g/mol. The van der Waals surface area contributed by atoms with Crippen molar-refractivity contribution in [2.24, 2.45) is 7.05 Å². The topological polar surface area (TPSA) is 81.1 Å². The summed E-state index contributed by atoms with van der Waals surface area (Å²) in [5.41, 5.74) is 3.46. The average Bonchev–Trinajstić information content (AvgIpc) is 2.64. The van der Waals surface area contributed by atoms with Crippen LogP contribution in [0.3, 0.4) is 0 Å². The van der Waals surface area contributed by atoms with E-state index in [1.807, 2.05) is 20.9 Å². The summed E-state index contributed by atoms with van der Waals surface area (Å²) in [7, 11) is -1.26. The first-order valence-electron chi connectivity index (χ1n) is 6.75. The Labute approximate surface area is 130 Å². The van der Waals surface area contributed by atoms with Crippen molar-refractivity contribution >= 4 is 21.4 Å². The number of nitrogens with one attached hydrogen (secondary N) is 1. The zero-order valence-electron chi connectivity index (χ0n) is 13.0. The molecule has 1 aromatic heterocycles. The monoisotopic (exact) mass is 321 g/mol. The molecule has 0 unspecified atom stereocenters. The van der Waals surface area contributed by atoms with E-state index in [1.54, 1.807) is 28.9 Å². The summed E-state index contributed by atoms with van der Waals surface area (Å²) in [4.78, 5) is 12.3. The van der Waals surface area contributed by atoms with E-state index in [0.717, 1.165) is 11.4 Å². The number of anilines is 1. The van der Waals surface area contributed by atoms with E-state index in [1.165, 1.54) is 6.26 Å². The van der Waals surface area contributed by atoms with Crippen molar-refractivity contribution in [2.45, 2.75) is 19.6 Å². The highest BCUT2D eigenvalue weighted by Crippen LogP contribution is 2.19. The minimum Gasteiger partial charge on any atom is -0.319 e. The zero-order valence-corrected chi connectivity index (χ0v) is 13.9. The van der Waals surface area contributed by atoms with E-state index in [-0.39, 0.29) is 11.7 Å². The van der Waals surface area contributed by atoms with Gasteiger partial charge >= 0.3 is 0 Å². The van der Waals surface area contributed by atoms with Crippen molar-refractivity contribution in [1.82, 2.24) is 9.78 Å². The van der Waals surface area contributed by atoms with Crippen molar-refractivity contribution in [3.63, 3.8) is 0 Å². The van der Waals surface area contributed by atoms with Gasteiger partial charge in [0.2, 0.25) is 0 Å². The van der Waals surface area contributed by atoms with Gasteiger partial charge < -0.3 is 5.32 Å². The van der Waals surface area contributed by atoms with Crippen LogP contribution in [-0.4, -0.2) is 30.4 Å². The molecule has 1 heterocycles. The van der Waals surface area contributed by atoms with Gasteiger partial charge in [0.15, 0.2) is 9.84 Å². The lowest BCUT2D eigenvalue weighted by molar-refractivity contribution is 0.102. The smallest absolute Gasteiger partial charge is 0.255 e. The minimum atomic E-state index is -3.08. The van der Waals surface area contributed by atoms with Gasteiger partial charge in [0.05, 0.1) is 22.8 Å². The van der Waals surface area contributed by atoms with Gasteiger partial charge in [0.25, 0.3) is 5.91 Å². The number of benzene rings is 1. The van der Waals surface area contributed by atoms with Crippen LogP contribution >= 0.6 is 0 Å². The van der Waals surface area contributed by atoms with Crippen molar-refractivity contribution in [2.75, 3.05) is 11.6 Å². The van der Waals surface area contributed by atoms with E-state index in [0.29, 0.717) is 16.8 Å². The Morgan fingerprint density at radius 1 is 1.23 bits per heavy atom. The van der Waals surface area contributed by atoms with Crippen LogP contribution in [0.25, 0.3) is 0 Å². The molecule has 118 valence electrons. The van der Waals surface area contributed by atoms with Crippen LogP contribution in [0.1, 0.15) is 27.3 Å². The van der Waals surface area contributed by atoms with Crippen LogP contribution in [0.4, 0.5) is 5.69 Å². The van der Waals surface area contributed by atoms with Gasteiger partial charge in [-0.05, 0) is 31.5 Å². The van der Waals surface area contributed by atoms with Crippen LogP contribution in [-0.2, 0) is 22.6 Å². The number of hydrogen-bond donors (Lipinski definition) is 1. The molecule has 0 aliphatic rings. The predicted molar refractivity (Wildman–Crippen MR) is 85.6 cm³/mol. The lowest BCUT2D eigenvalue weighted by Gasteiger charge is -2.06. The molecule has 22 heavy (non-hydrogen) atoms. The molecule has 2 rings (SSSR count). The molecule has 0 bridgehead atoms. The van der Waals surface area contributed by atoms with E-state index in [9.17, 15) is 13.2 Å². The van der Waals surface area contributed by atoms with E-state index < -0.39 is 9.84 Å². The lowest BCUT2D eigenvalue weighted by atomic mass is 10.1. The average molecular weight is 321 g/mol. The molecular formula is C15H19N3O3S. The highest BCUT2D eigenvalue weighted by molar-refractivity contribution is 7.89. The number of carbonyl (C=O) groups excluding carboxylic acids is 1. The zero-order chi connectivity index (χ0) is 16.5. The number of nitrogens with zero attached hydrogens (tertiary/aromatic N) is 2. The maximum absolute atomic E-state index is 12.3. The fraction of sp³-hybridized carbons (Fsp3) is 0.333. The molecule has 0 atom stereocenters. The molecule has 2 aromatic rings. The Morgan fingerprint density at radius 3 is 2.27 bits per heavy atom.